The van der Waals surface area contributed by atoms with E-state index < -0.39 is 0 Å². The molecule has 0 bridgehead atoms. The zero-order valence-corrected chi connectivity index (χ0v) is 8.01. The Kier molecular flexibility index (Phi) is 2.44. The molecule has 14 heavy (non-hydrogen) atoms. The maximum Gasteiger partial charge on any atom is 0.137 e. The van der Waals surface area contributed by atoms with Crippen molar-refractivity contribution in [3.05, 3.63) is 42.5 Å². The number of aryl methyl sites for hydroxylation is 1. The van der Waals surface area contributed by atoms with Crippen LogP contribution in [0.15, 0.2) is 36.9 Å². The van der Waals surface area contributed by atoms with Gasteiger partial charge in [-0.15, -0.1) is 0 Å². The molecule has 1 heterocycles. The molecule has 2 rings (SSSR count). The van der Waals surface area contributed by atoms with E-state index in [1.165, 1.54) is 11.9 Å². The molecule has 4 heteroatoms. The Morgan fingerprint density at radius 2 is 2.07 bits per heavy atom. The molecule has 1 N–H and O–H groups in total. The molecule has 72 valence electrons. The standard InChI is InChI=1S/C10H12N4/c1-9-2-4-10(5-3-9)12-8-14-7-11-6-13-14/h2-7,12H,8H2,1H3. The smallest absolute Gasteiger partial charge is 0.137 e. The van der Waals surface area contributed by atoms with Gasteiger partial charge in [-0.05, 0) is 19.1 Å². The second kappa shape index (κ2) is 3.91. The number of hydrogen-bond acceptors (Lipinski definition) is 3. The largest absolute Gasteiger partial charge is 0.366 e. The minimum atomic E-state index is 0.642. The average molecular weight is 188 g/mol. The van der Waals surface area contributed by atoms with E-state index in [0.29, 0.717) is 6.67 Å². The molecule has 0 aliphatic rings. The normalized spacial score (nSPS) is 10.1. The lowest BCUT2D eigenvalue weighted by molar-refractivity contribution is 0.668. The topological polar surface area (TPSA) is 42.7 Å². The first-order valence-corrected chi connectivity index (χ1v) is 4.47. The minimum Gasteiger partial charge on any atom is -0.366 e. The van der Waals surface area contributed by atoms with Gasteiger partial charge in [0, 0.05) is 5.69 Å². The average Bonchev–Trinajstić information content (AvgIpc) is 2.70. The fraction of sp³-hybridized carbons (Fsp3) is 0.200. The van der Waals surface area contributed by atoms with E-state index in [1.54, 1.807) is 11.0 Å². The van der Waals surface area contributed by atoms with Gasteiger partial charge in [-0.3, -0.25) is 0 Å². The Morgan fingerprint density at radius 1 is 1.29 bits per heavy atom. The lowest BCUT2D eigenvalue weighted by Gasteiger charge is -2.05. The molecule has 0 unspecified atom stereocenters. The van der Waals surface area contributed by atoms with E-state index >= 15 is 0 Å². The maximum atomic E-state index is 3.99. The first-order chi connectivity index (χ1) is 6.84. The third-order valence-electron chi connectivity index (χ3n) is 1.96. The molecule has 0 radical (unpaired) electrons. The van der Waals surface area contributed by atoms with E-state index in [9.17, 15) is 0 Å². The molecule has 1 aromatic heterocycles. The van der Waals surface area contributed by atoms with Crippen molar-refractivity contribution in [1.82, 2.24) is 14.8 Å². The van der Waals surface area contributed by atoms with Crippen molar-refractivity contribution >= 4 is 5.69 Å². The Balaban J connectivity index is 1.95. The minimum absolute atomic E-state index is 0.642. The predicted molar refractivity (Wildman–Crippen MR) is 54.8 cm³/mol. The molecule has 0 saturated carbocycles. The molecule has 0 spiro atoms. The highest BCUT2D eigenvalue weighted by Gasteiger charge is 1.92. The number of rotatable bonds is 3. The molecule has 2 aromatic rings. The second-order valence-electron chi connectivity index (χ2n) is 3.14. The quantitative estimate of drug-likeness (QED) is 0.796. The fourth-order valence-electron chi connectivity index (χ4n) is 1.16. The number of hydrogen-bond donors (Lipinski definition) is 1. The summed E-state index contributed by atoms with van der Waals surface area (Å²) in [6, 6.07) is 8.24. The summed E-state index contributed by atoms with van der Waals surface area (Å²) in [5.41, 5.74) is 2.35. The zero-order valence-electron chi connectivity index (χ0n) is 8.01. The van der Waals surface area contributed by atoms with Crippen LogP contribution in [0.3, 0.4) is 0 Å². The van der Waals surface area contributed by atoms with Crippen LogP contribution in [-0.2, 0) is 6.67 Å². The molecule has 0 saturated heterocycles. The van der Waals surface area contributed by atoms with Crippen LogP contribution < -0.4 is 5.32 Å². The van der Waals surface area contributed by atoms with Gasteiger partial charge in [0.05, 0.1) is 0 Å². The molecule has 0 amide bonds. The van der Waals surface area contributed by atoms with Gasteiger partial charge in [-0.1, -0.05) is 17.7 Å². The Hall–Kier alpha value is -1.84. The third kappa shape index (κ3) is 2.10. The van der Waals surface area contributed by atoms with Crippen LogP contribution in [0.1, 0.15) is 5.56 Å². The summed E-state index contributed by atoms with van der Waals surface area (Å²) in [6.07, 6.45) is 3.21. The van der Waals surface area contributed by atoms with Crippen LogP contribution in [0.25, 0.3) is 0 Å². The number of aromatic nitrogens is 3. The molecular weight excluding hydrogens is 176 g/mol. The van der Waals surface area contributed by atoms with Crippen LogP contribution in [0.4, 0.5) is 5.69 Å². The van der Waals surface area contributed by atoms with Crippen molar-refractivity contribution in [2.45, 2.75) is 13.6 Å². The summed E-state index contributed by atoms with van der Waals surface area (Å²) in [4.78, 5) is 3.86. The highest BCUT2D eigenvalue weighted by molar-refractivity contribution is 5.43. The van der Waals surface area contributed by atoms with Crippen molar-refractivity contribution < 1.29 is 0 Å². The monoisotopic (exact) mass is 188 g/mol. The van der Waals surface area contributed by atoms with Crippen LogP contribution in [-0.4, -0.2) is 14.8 Å². The second-order valence-corrected chi connectivity index (χ2v) is 3.14. The SMILES string of the molecule is Cc1ccc(NCn2cncn2)cc1. The number of anilines is 1. The molecule has 1 aromatic carbocycles. The van der Waals surface area contributed by atoms with Gasteiger partial charge in [0.2, 0.25) is 0 Å². The molecule has 4 nitrogen and oxygen atoms in total. The maximum absolute atomic E-state index is 3.99. The lowest BCUT2D eigenvalue weighted by atomic mass is 10.2. The van der Waals surface area contributed by atoms with Crippen molar-refractivity contribution in [1.29, 1.82) is 0 Å². The highest BCUT2D eigenvalue weighted by atomic mass is 15.4. The van der Waals surface area contributed by atoms with Gasteiger partial charge in [0.1, 0.15) is 19.3 Å². The Labute approximate surface area is 82.6 Å². The van der Waals surface area contributed by atoms with Gasteiger partial charge in [-0.25, -0.2) is 9.67 Å². The van der Waals surface area contributed by atoms with Crippen molar-refractivity contribution in [3.63, 3.8) is 0 Å². The van der Waals surface area contributed by atoms with Gasteiger partial charge >= 0.3 is 0 Å². The highest BCUT2D eigenvalue weighted by Crippen LogP contribution is 2.08. The summed E-state index contributed by atoms with van der Waals surface area (Å²) >= 11 is 0. The number of nitrogens with zero attached hydrogens (tertiary/aromatic N) is 3. The molecular formula is C10H12N4. The summed E-state index contributed by atoms with van der Waals surface area (Å²) in [5, 5.41) is 7.23. The van der Waals surface area contributed by atoms with Gasteiger partial charge in [0.25, 0.3) is 0 Å². The van der Waals surface area contributed by atoms with E-state index in [2.05, 4.69) is 34.5 Å². The van der Waals surface area contributed by atoms with E-state index in [4.69, 9.17) is 0 Å². The predicted octanol–water partition coefficient (Wildman–Crippen LogP) is 1.66. The van der Waals surface area contributed by atoms with Crippen LogP contribution in [0, 0.1) is 6.92 Å². The molecule has 0 aliphatic heterocycles. The third-order valence-corrected chi connectivity index (χ3v) is 1.96. The first kappa shape index (κ1) is 8.74. The van der Waals surface area contributed by atoms with Crippen LogP contribution >= 0.6 is 0 Å². The van der Waals surface area contributed by atoms with Gasteiger partial charge in [-0.2, -0.15) is 5.10 Å². The van der Waals surface area contributed by atoms with E-state index in [-0.39, 0.29) is 0 Å². The molecule has 0 fully saturated rings. The lowest BCUT2D eigenvalue weighted by Crippen LogP contribution is -2.07. The van der Waals surface area contributed by atoms with E-state index in [1.807, 2.05) is 12.1 Å². The van der Waals surface area contributed by atoms with Gasteiger partial charge < -0.3 is 5.32 Å². The van der Waals surface area contributed by atoms with E-state index in [0.717, 1.165) is 5.69 Å². The summed E-state index contributed by atoms with van der Waals surface area (Å²) < 4.78 is 1.74. The van der Waals surface area contributed by atoms with Crippen LogP contribution in [0.2, 0.25) is 0 Å². The van der Waals surface area contributed by atoms with Crippen molar-refractivity contribution in [2.24, 2.45) is 0 Å². The Bertz CT molecular complexity index is 377. The first-order valence-electron chi connectivity index (χ1n) is 4.47. The number of benzene rings is 1. The van der Waals surface area contributed by atoms with Crippen molar-refractivity contribution in [2.75, 3.05) is 5.32 Å². The molecule has 0 aliphatic carbocycles. The van der Waals surface area contributed by atoms with Crippen LogP contribution in [0.5, 0.6) is 0 Å². The summed E-state index contributed by atoms with van der Waals surface area (Å²) in [7, 11) is 0. The Morgan fingerprint density at radius 3 is 2.71 bits per heavy atom. The van der Waals surface area contributed by atoms with Crippen molar-refractivity contribution in [3.8, 4) is 0 Å². The fourth-order valence-corrected chi connectivity index (χ4v) is 1.16. The summed E-state index contributed by atoms with van der Waals surface area (Å²) in [6.45, 7) is 2.71. The van der Waals surface area contributed by atoms with Gasteiger partial charge in [0.15, 0.2) is 0 Å². The molecule has 0 atom stereocenters. The number of nitrogens with one attached hydrogen (secondary N) is 1. The summed E-state index contributed by atoms with van der Waals surface area (Å²) in [5.74, 6) is 0. The zero-order chi connectivity index (χ0) is 9.80.